The third kappa shape index (κ3) is 4.48. The number of para-hydroxylation sites is 1. The molecule has 0 radical (unpaired) electrons. The summed E-state index contributed by atoms with van der Waals surface area (Å²) in [6.45, 7) is 6.31. The Balaban J connectivity index is 1.25. The van der Waals surface area contributed by atoms with Crippen molar-refractivity contribution in [2.75, 3.05) is 39.3 Å². The Kier molecular flexibility index (Phi) is 5.69. The molecule has 0 bridgehead atoms. The second kappa shape index (κ2) is 8.92. The highest BCUT2D eigenvalue weighted by atomic mass is 16.5. The number of rotatable bonds is 6. The van der Waals surface area contributed by atoms with Crippen LogP contribution in [0.4, 0.5) is 0 Å². The number of benzene rings is 3. The molecule has 3 aromatic carbocycles. The van der Waals surface area contributed by atoms with Crippen LogP contribution in [0.15, 0.2) is 82.0 Å². The largest absolute Gasteiger partial charge is 0.492 e. The first kappa shape index (κ1) is 19.8. The van der Waals surface area contributed by atoms with Crippen LogP contribution in [0.3, 0.4) is 0 Å². The van der Waals surface area contributed by atoms with Crippen molar-refractivity contribution in [3.8, 4) is 5.75 Å². The van der Waals surface area contributed by atoms with Crippen LogP contribution in [0.2, 0.25) is 0 Å². The van der Waals surface area contributed by atoms with E-state index < -0.39 is 0 Å². The topological polar surface area (TPSA) is 45.9 Å². The molecule has 0 unspecified atom stereocenters. The Morgan fingerprint density at radius 1 is 0.839 bits per heavy atom. The average molecular weight is 415 g/mol. The zero-order chi connectivity index (χ0) is 21.0. The number of piperazine rings is 1. The SMILES string of the molecule is O=c1cc(CN2CCN(CCOc3ccccc3)CC2)c2c(ccc3ccccc32)o1. The van der Waals surface area contributed by atoms with Crippen LogP contribution in [-0.2, 0) is 6.54 Å². The maximum atomic E-state index is 12.2. The van der Waals surface area contributed by atoms with Crippen molar-refractivity contribution >= 4 is 21.7 Å². The molecule has 2 heterocycles. The summed E-state index contributed by atoms with van der Waals surface area (Å²) in [5, 5.41) is 3.35. The number of ether oxygens (including phenoxy) is 1. The standard InChI is InChI=1S/C26H26N2O3/c29-25-18-21(26-23-9-5-4-6-20(23)10-11-24(26)31-25)19-28-14-12-27(13-15-28)16-17-30-22-7-2-1-3-8-22/h1-11,18H,12-17,19H2. The van der Waals surface area contributed by atoms with E-state index >= 15 is 0 Å². The van der Waals surface area contributed by atoms with Gasteiger partial charge in [0.1, 0.15) is 17.9 Å². The predicted molar refractivity (Wildman–Crippen MR) is 124 cm³/mol. The van der Waals surface area contributed by atoms with Gasteiger partial charge in [0.05, 0.1) is 0 Å². The minimum Gasteiger partial charge on any atom is -0.492 e. The summed E-state index contributed by atoms with van der Waals surface area (Å²) >= 11 is 0. The maximum absolute atomic E-state index is 12.2. The Morgan fingerprint density at radius 3 is 2.42 bits per heavy atom. The quantitative estimate of drug-likeness (QED) is 0.350. The first-order chi connectivity index (χ1) is 15.3. The van der Waals surface area contributed by atoms with Crippen molar-refractivity contribution in [2.24, 2.45) is 0 Å². The molecule has 5 rings (SSSR count). The van der Waals surface area contributed by atoms with E-state index in [-0.39, 0.29) is 5.63 Å². The highest BCUT2D eigenvalue weighted by Crippen LogP contribution is 2.28. The van der Waals surface area contributed by atoms with Crippen molar-refractivity contribution in [1.29, 1.82) is 0 Å². The van der Waals surface area contributed by atoms with Crippen LogP contribution in [0, 0.1) is 0 Å². The van der Waals surface area contributed by atoms with Crippen molar-refractivity contribution < 1.29 is 9.15 Å². The lowest BCUT2D eigenvalue weighted by molar-refractivity contribution is 0.113. The molecule has 5 heteroatoms. The zero-order valence-corrected chi connectivity index (χ0v) is 17.5. The van der Waals surface area contributed by atoms with Crippen LogP contribution in [-0.4, -0.2) is 49.1 Å². The van der Waals surface area contributed by atoms with Gasteiger partial charge in [0.2, 0.25) is 0 Å². The van der Waals surface area contributed by atoms with Gasteiger partial charge in [0, 0.05) is 50.7 Å². The lowest BCUT2D eigenvalue weighted by Gasteiger charge is -2.34. The van der Waals surface area contributed by atoms with Crippen LogP contribution < -0.4 is 10.4 Å². The molecule has 1 aliphatic heterocycles. The molecule has 158 valence electrons. The third-order valence-corrected chi connectivity index (χ3v) is 5.99. The Hall–Kier alpha value is -3.15. The van der Waals surface area contributed by atoms with Gasteiger partial charge in [0.15, 0.2) is 0 Å². The summed E-state index contributed by atoms with van der Waals surface area (Å²) in [7, 11) is 0. The molecule has 1 saturated heterocycles. The predicted octanol–water partition coefficient (Wildman–Crippen LogP) is 4.14. The lowest BCUT2D eigenvalue weighted by Crippen LogP contribution is -2.47. The summed E-state index contributed by atoms with van der Waals surface area (Å²) in [6.07, 6.45) is 0. The molecular weight excluding hydrogens is 388 g/mol. The maximum Gasteiger partial charge on any atom is 0.336 e. The summed E-state index contributed by atoms with van der Waals surface area (Å²) < 4.78 is 11.3. The van der Waals surface area contributed by atoms with Crippen molar-refractivity contribution in [2.45, 2.75) is 6.54 Å². The molecular formula is C26H26N2O3. The number of hydrogen-bond acceptors (Lipinski definition) is 5. The zero-order valence-electron chi connectivity index (χ0n) is 17.5. The van der Waals surface area contributed by atoms with Gasteiger partial charge in [-0.25, -0.2) is 4.79 Å². The van der Waals surface area contributed by atoms with Gasteiger partial charge in [0.25, 0.3) is 0 Å². The van der Waals surface area contributed by atoms with Gasteiger partial charge in [-0.3, -0.25) is 9.80 Å². The summed E-state index contributed by atoms with van der Waals surface area (Å²) in [5.41, 5.74) is 1.43. The molecule has 5 nitrogen and oxygen atoms in total. The third-order valence-electron chi connectivity index (χ3n) is 5.99. The van der Waals surface area contributed by atoms with Gasteiger partial charge >= 0.3 is 5.63 Å². The molecule has 0 amide bonds. The van der Waals surface area contributed by atoms with Crippen LogP contribution in [0.5, 0.6) is 5.75 Å². The highest BCUT2D eigenvalue weighted by Gasteiger charge is 2.19. The van der Waals surface area contributed by atoms with Crippen molar-refractivity contribution in [3.63, 3.8) is 0 Å². The van der Waals surface area contributed by atoms with Crippen molar-refractivity contribution in [3.05, 3.63) is 88.8 Å². The molecule has 1 fully saturated rings. The summed E-state index contributed by atoms with van der Waals surface area (Å²) in [4.78, 5) is 17.0. The lowest BCUT2D eigenvalue weighted by atomic mass is 10.0. The van der Waals surface area contributed by atoms with E-state index in [4.69, 9.17) is 9.15 Å². The molecule has 4 aromatic rings. The minimum atomic E-state index is -0.283. The monoisotopic (exact) mass is 414 g/mol. The Labute approximate surface area is 181 Å². The first-order valence-electron chi connectivity index (χ1n) is 10.8. The average Bonchev–Trinajstić information content (AvgIpc) is 2.80. The molecule has 1 aliphatic rings. The second-order valence-electron chi connectivity index (χ2n) is 8.03. The smallest absolute Gasteiger partial charge is 0.336 e. The van der Waals surface area contributed by atoms with E-state index in [9.17, 15) is 4.79 Å². The van der Waals surface area contributed by atoms with Gasteiger partial charge in [-0.15, -0.1) is 0 Å². The van der Waals surface area contributed by atoms with Gasteiger partial charge < -0.3 is 9.15 Å². The molecule has 0 atom stereocenters. The van der Waals surface area contributed by atoms with E-state index in [1.54, 1.807) is 6.07 Å². The number of nitrogens with zero attached hydrogens (tertiary/aromatic N) is 2. The van der Waals surface area contributed by atoms with E-state index in [2.05, 4.69) is 21.9 Å². The minimum absolute atomic E-state index is 0.283. The van der Waals surface area contributed by atoms with Crippen molar-refractivity contribution in [1.82, 2.24) is 9.80 Å². The summed E-state index contributed by atoms with van der Waals surface area (Å²) in [6, 6.07) is 23.8. The van der Waals surface area contributed by atoms with Crippen LogP contribution >= 0.6 is 0 Å². The van der Waals surface area contributed by atoms with Gasteiger partial charge in [-0.05, 0) is 34.5 Å². The molecule has 1 aromatic heterocycles. The van der Waals surface area contributed by atoms with E-state index in [1.807, 2.05) is 54.6 Å². The molecule has 0 saturated carbocycles. The van der Waals surface area contributed by atoms with E-state index in [0.29, 0.717) is 12.2 Å². The van der Waals surface area contributed by atoms with Gasteiger partial charge in [-0.1, -0.05) is 48.5 Å². The highest BCUT2D eigenvalue weighted by molar-refractivity contribution is 6.07. The first-order valence-corrected chi connectivity index (χ1v) is 10.8. The number of fused-ring (bicyclic) bond motifs is 3. The van der Waals surface area contributed by atoms with Crippen LogP contribution in [0.25, 0.3) is 21.7 Å². The normalized spacial score (nSPS) is 15.5. The fourth-order valence-corrected chi connectivity index (χ4v) is 4.37. The second-order valence-corrected chi connectivity index (χ2v) is 8.03. The summed E-state index contributed by atoms with van der Waals surface area (Å²) in [5.74, 6) is 0.920. The molecule has 0 spiro atoms. The molecule has 31 heavy (non-hydrogen) atoms. The van der Waals surface area contributed by atoms with Crippen LogP contribution in [0.1, 0.15) is 5.56 Å². The molecule has 0 aliphatic carbocycles. The fourth-order valence-electron chi connectivity index (χ4n) is 4.37. The Bertz CT molecular complexity index is 1230. The Morgan fingerprint density at radius 2 is 1.58 bits per heavy atom. The fraction of sp³-hybridized carbons (Fsp3) is 0.269. The van der Waals surface area contributed by atoms with E-state index in [0.717, 1.165) is 66.7 Å². The van der Waals surface area contributed by atoms with Gasteiger partial charge in [-0.2, -0.15) is 0 Å². The molecule has 0 N–H and O–H groups in total. The number of hydrogen-bond donors (Lipinski definition) is 0. The van der Waals surface area contributed by atoms with E-state index in [1.165, 1.54) is 0 Å².